The molecule has 1 heterocycles. The molecule has 0 unspecified atom stereocenters. The molecular formula is C19H17ClFN7O. The highest BCUT2D eigenvalue weighted by molar-refractivity contribution is 6.47. The Kier molecular flexibility index (Phi) is 6.30. The highest BCUT2D eigenvalue weighted by Gasteiger charge is 2.14. The highest BCUT2D eigenvalue weighted by atomic mass is 35.5. The molecule has 0 saturated heterocycles. The molecule has 0 bridgehead atoms. The van der Waals surface area contributed by atoms with Crippen molar-refractivity contribution in [2.75, 3.05) is 0 Å². The van der Waals surface area contributed by atoms with Crippen molar-refractivity contribution in [3.8, 4) is 0 Å². The summed E-state index contributed by atoms with van der Waals surface area (Å²) in [6, 6.07) is 13.6. The van der Waals surface area contributed by atoms with Gasteiger partial charge < -0.3 is 10.9 Å². The average Bonchev–Trinajstić information content (AvgIpc) is 3.12. The largest absolute Gasteiger partial charge is 0.410 e. The molecule has 10 heteroatoms. The maximum absolute atomic E-state index is 13.3. The first-order valence-electron chi connectivity index (χ1n) is 8.46. The minimum absolute atomic E-state index is 0.0487. The number of nitrogens with zero attached hydrogens (tertiary/aromatic N) is 6. The van der Waals surface area contributed by atoms with Crippen molar-refractivity contribution >= 4 is 28.8 Å². The quantitative estimate of drug-likeness (QED) is 0.267. The summed E-state index contributed by atoms with van der Waals surface area (Å²) in [5.41, 5.74) is 7.52. The molecule has 0 aliphatic heterocycles. The van der Waals surface area contributed by atoms with Crippen LogP contribution in [0.15, 0.2) is 70.8 Å². The highest BCUT2D eigenvalue weighted by Crippen LogP contribution is 2.21. The number of hydrogen-bond donors (Lipinski definition) is 2. The number of rotatable bonds is 7. The number of tetrazole rings is 1. The summed E-state index contributed by atoms with van der Waals surface area (Å²) in [6.07, 6.45) is 0.531. The number of benzene rings is 2. The van der Waals surface area contributed by atoms with Gasteiger partial charge in [0.05, 0.1) is 17.3 Å². The van der Waals surface area contributed by atoms with Crippen molar-refractivity contribution in [2.45, 2.75) is 13.0 Å². The molecule has 0 aliphatic carbocycles. The van der Waals surface area contributed by atoms with E-state index >= 15 is 0 Å². The molecule has 0 saturated carbocycles. The van der Waals surface area contributed by atoms with Gasteiger partial charge in [-0.2, -0.15) is 4.80 Å². The van der Waals surface area contributed by atoms with Crippen molar-refractivity contribution < 1.29 is 9.60 Å². The third kappa shape index (κ3) is 5.23. The third-order valence-corrected chi connectivity index (χ3v) is 4.15. The fourth-order valence-corrected chi connectivity index (χ4v) is 2.66. The fraction of sp³-hybridized carbons (Fsp3) is 0.105. The summed E-state index contributed by atoms with van der Waals surface area (Å²) in [5, 5.41) is 24.7. The summed E-state index contributed by atoms with van der Waals surface area (Å²) < 4.78 is 13.3. The monoisotopic (exact) mass is 413 g/mol. The molecule has 148 valence electrons. The predicted octanol–water partition coefficient (Wildman–Crippen LogP) is 3.13. The molecule has 0 spiro atoms. The lowest BCUT2D eigenvalue weighted by atomic mass is 10.1. The van der Waals surface area contributed by atoms with E-state index in [1.807, 2.05) is 30.3 Å². The van der Waals surface area contributed by atoms with Crippen molar-refractivity contribution in [3.05, 3.63) is 82.9 Å². The minimum Gasteiger partial charge on any atom is -0.410 e. The van der Waals surface area contributed by atoms with Gasteiger partial charge in [0.25, 0.3) is 0 Å². The lowest BCUT2D eigenvalue weighted by Gasteiger charge is -2.07. The van der Waals surface area contributed by atoms with Gasteiger partial charge in [-0.3, -0.25) is 0 Å². The van der Waals surface area contributed by atoms with E-state index in [0.717, 1.165) is 11.6 Å². The number of oxime groups is 1. The van der Waals surface area contributed by atoms with Crippen molar-refractivity contribution in [1.82, 2.24) is 20.2 Å². The average molecular weight is 414 g/mol. The van der Waals surface area contributed by atoms with E-state index < -0.39 is 5.82 Å². The summed E-state index contributed by atoms with van der Waals surface area (Å²) in [6.45, 7) is 3.93. The normalized spacial score (nSPS) is 12.2. The van der Waals surface area contributed by atoms with E-state index in [9.17, 15) is 9.60 Å². The van der Waals surface area contributed by atoms with Gasteiger partial charge in [-0.05, 0) is 29.0 Å². The lowest BCUT2D eigenvalue weighted by Crippen LogP contribution is -2.27. The summed E-state index contributed by atoms with van der Waals surface area (Å²) in [5.74, 6) is -0.160. The van der Waals surface area contributed by atoms with Crippen LogP contribution in [-0.2, 0) is 13.0 Å². The Morgan fingerprint density at radius 3 is 2.69 bits per heavy atom. The van der Waals surface area contributed by atoms with Crippen LogP contribution >= 0.6 is 11.6 Å². The number of nitrogens with two attached hydrogens (primary N) is 1. The van der Waals surface area contributed by atoms with Gasteiger partial charge in [0.1, 0.15) is 11.5 Å². The Morgan fingerprint density at radius 1 is 1.24 bits per heavy atom. The number of aliphatic imine (C=N–C) groups is 1. The van der Waals surface area contributed by atoms with Gasteiger partial charge in [0.2, 0.25) is 0 Å². The molecule has 0 fully saturated rings. The van der Waals surface area contributed by atoms with Gasteiger partial charge in [0.15, 0.2) is 11.7 Å². The first-order valence-corrected chi connectivity index (χ1v) is 8.84. The van der Waals surface area contributed by atoms with Crippen LogP contribution in [0.4, 0.5) is 10.1 Å². The van der Waals surface area contributed by atoms with E-state index in [-0.39, 0.29) is 23.1 Å². The van der Waals surface area contributed by atoms with Gasteiger partial charge in [-0.25, -0.2) is 9.38 Å². The van der Waals surface area contributed by atoms with Gasteiger partial charge in [0, 0.05) is 12.0 Å². The smallest absolute Gasteiger partial charge is 0.179 e. The van der Waals surface area contributed by atoms with Crippen LogP contribution in [0.2, 0.25) is 5.02 Å². The molecular weight excluding hydrogens is 397 g/mol. The van der Waals surface area contributed by atoms with E-state index in [2.05, 4.69) is 32.1 Å². The second-order valence-electron chi connectivity index (χ2n) is 6.05. The zero-order chi connectivity index (χ0) is 20.8. The standard InChI is InChI=1S/C19H17ClFN7O/c1-12(11-28-25-17(24-27-28)9-13-5-3-2-4-6-13)18(26-29)19(22)23-14-7-8-16(21)15(20)10-14/h2-8,10,29H,1,9,11H2,(H2,22,23)/b26-18+. The van der Waals surface area contributed by atoms with Crippen LogP contribution in [0.25, 0.3) is 0 Å². The second-order valence-corrected chi connectivity index (χ2v) is 6.45. The van der Waals surface area contributed by atoms with Crippen LogP contribution in [0.5, 0.6) is 0 Å². The van der Waals surface area contributed by atoms with Gasteiger partial charge in [-0.15, -0.1) is 10.2 Å². The number of hydrogen-bond acceptors (Lipinski definition) is 6. The van der Waals surface area contributed by atoms with Crippen LogP contribution in [0, 0.1) is 5.82 Å². The number of halogens is 2. The van der Waals surface area contributed by atoms with E-state index in [1.54, 1.807) is 0 Å². The SMILES string of the molecule is C=C(Cn1nnc(Cc2ccccc2)n1)/C(=N\O)C(N)=Nc1ccc(F)c(Cl)c1. The van der Waals surface area contributed by atoms with Crippen molar-refractivity contribution in [2.24, 2.45) is 15.9 Å². The summed E-state index contributed by atoms with van der Waals surface area (Å²) in [4.78, 5) is 5.40. The molecule has 1 aromatic heterocycles. The fourth-order valence-electron chi connectivity index (χ4n) is 2.49. The molecule has 2 aromatic carbocycles. The predicted molar refractivity (Wildman–Crippen MR) is 108 cm³/mol. The van der Waals surface area contributed by atoms with Crippen LogP contribution in [0.1, 0.15) is 11.4 Å². The minimum atomic E-state index is -0.576. The van der Waals surface area contributed by atoms with Gasteiger partial charge in [-0.1, -0.05) is 53.7 Å². The zero-order valence-corrected chi connectivity index (χ0v) is 16.0. The topological polar surface area (TPSA) is 115 Å². The van der Waals surface area contributed by atoms with Crippen molar-refractivity contribution in [3.63, 3.8) is 0 Å². The van der Waals surface area contributed by atoms with Crippen LogP contribution < -0.4 is 5.73 Å². The van der Waals surface area contributed by atoms with E-state index in [4.69, 9.17) is 17.3 Å². The lowest BCUT2D eigenvalue weighted by molar-refractivity contribution is 0.320. The first kappa shape index (κ1) is 20.2. The molecule has 0 aliphatic rings. The first-order chi connectivity index (χ1) is 14.0. The Labute approximate surface area is 170 Å². The Hall–Kier alpha value is -3.59. The molecule has 0 amide bonds. The molecule has 3 aromatic rings. The Morgan fingerprint density at radius 2 is 2.00 bits per heavy atom. The Bertz CT molecular complexity index is 1080. The van der Waals surface area contributed by atoms with Crippen LogP contribution in [0.3, 0.4) is 0 Å². The van der Waals surface area contributed by atoms with E-state index in [0.29, 0.717) is 23.5 Å². The molecule has 3 rings (SSSR count). The second kappa shape index (κ2) is 9.07. The summed E-state index contributed by atoms with van der Waals surface area (Å²) >= 11 is 5.73. The van der Waals surface area contributed by atoms with Crippen LogP contribution in [-0.4, -0.2) is 37.0 Å². The molecule has 0 radical (unpaired) electrons. The van der Waals surface area contributed by atoms with Crippen molar-refractivity contribution in [1.29, 1.82) is 0 Å². The number of amidine groups is 1. The molecule has 8 nitrogen and oxygen atoms in total. The molecule has 3 N–H and O–H groups in total. The number of aromatic nitrogens is 4. The maximum Gasteiger partial charge on any atom is 0.179 e. The molecule has 29 heavy (non-hydrogen) atoms. The molecule has 0 atom stereocenters. The van der Waals surface area contributed by atoms with Gasteiger partial charge >= 0.3 is 0 Å². The Balaban J connectivity index is 1.70. The zero-order valence-electron chi connectivity index (χ0n) is 15.2. The van der Waals surface area contributed by atoms with E-state index in [1.165, 1.54) is 16.9 Å². The summed E-state index contributed by atoms with van der Waals surface area (Å²) in [7, 11) is 0. The maximum atomic E-state index is 13.3. The third-order valence-electron chi connectivity index (χ3n) is 3.86.